The van der Waals surface area contributed by atoms with Crippen LogP contribution in [0.5, 0.6) is 0 Å². The zero-order valence-electron chi connectivity index (χ0n) is 16.9. The van der Waals surface area contributed by atoms with E-state index in [1.807, 2.05) is 37.8 Å². The van der Waals surface area contributed by atoms with Crippen LogP contribution in [0.4, 0.5) is 0 Å². The molecule has 7 nitrogen and oxygen atoms in total. The number of rotatable bonds is 5. The number of hydrogen-bond acceptors (Lipinski definition) is 5. The van der Waals surface area contributed by atoms with Gasteiger partial charge in [-0.1, -0.05) is 12.1 Å². The van der Waals surface area contributed by atoms with Gasteiger partial charge in [-0.3, -0.25) is 14.7 Å². The van der Waals surface area contributed by atoms with Gasteiger partial charge in [0.15, 0.2) is 0 Å². The number of sulfonamides is 1. The van der Waals surface area contributed by atoms with Crippen LogP contribution in [0.15, 0.2) is 35.4 Å². The van der Waals surface area contributed by atoms with Crippen LogP contribution in [0.25, 0.3) is 10.9 Å². The third-order valence-corrected chi connectivity index (χ3v) is 7.22. The number of benzene rings is 1. The topological polar surface area (TPSA) is 73.8 Å². The van der Waals surface area contributed by atoms with Crippen molar-refractivity contribution in [3.05, 3.63) is 36.0 Å². The van der Waals surface area contributed by atoms with E-state index < -0.39 is 10.0 Å². The molecule has 152 valence electrons. The van der Waals surface area contributed by atoms with Crippen molar-refractivity contribution in [1.29, 1.82) is 0 Å². The van der Waals surface area contributed by atoms with Crippen molar-refractivity contribution >= 4 is 26.8 Å². The maximum absolute atomic E-state index is 13.2. The van der Waals surface area contributed by atoms with Gasteiger partial charge in [0.1, 0.15) is 4.90 Å². The number of pyridine rings is 1. The summed E-state index contributed by atoms with van der Waals surface area (Å²) in [5.41, 5.74) is 1.50. The summed E-state index contributed by atoms with van der Waals surface area (Å²) >= 11 is 0. The fourth-order valence-electron chi connectivity index (χ4n) is 3.31. The Bertz CT molecular complexity index is 967. The standard InChI is InChI=1S/C20H28N4O3S/c1-15(2)22(4)19(25)14-23-8-10-24(11-9-23)28(26,27)18-7-5-6-17-12-16(3)13-21-20(17)18/h5-7,12-13,15H,8-11,14H2,1-4H3. The van der Waals surface area contributed by atoms with Crippen LogP contribution in [0.1, 0.15) is 19.4 Å². The molecule has 28 heavy (non-hydrogen) atoms. The zero-order valence-corrected chi connectivity index (χ0v) is 17.7. The Balaban J connectivity index is 1.73. The Morgan fingerprint density at radius 3 is 2.54 bits per heavy atom. The fraction of sp³-hybridized carbons (Fsp3) is 0.500. The summed E-state index contributed by atoms with van der Waals surface area (Å²) in [6, 6.07) is 7.34. The number of piperazine rings is 1. The van der Waals surface area contributed by atoms with Crippen molar-refractivity contribution in [3.8, 4) is 0 Å². The Kier molecular flexibility index (Phi) is 6.02. The van der Waals surface area contributed by atoms with E-state index in [2.05, 4.69) is 4.98 Å². The van der Waals surface area contributed by atoms with E-state index in [1.165, 1.54) is 4.31 Å². The Morgan fingerprint density at radius 1 is 1.21 bits per heavy atom. The maximum atomic E-state index is 13.2. The summed E-state index contributed by atoms with van der Waals surface area (Å²) in [6.45, 7) is 8.00. The van der Waals surface area contributed by atoms with Gasteiger partial charge in [0.05, 0.1) is 12.1 Å². The third-order valence-electron chi connectivity index (χ3n) is 5.29. The SMILES string of the molecule is Cc1cnc2c(S(=O)(=O)N3CCN(CC(=O)N(C)C(C)C)CC3)cccc2c1. The van der Waals surface area contributed by atoms with Crippen LogP contribution < -0.4 is 0 Å². The smallest absolute Gasteiger partial charge is 0.245 e. The molecule has 0 unspecified atom stereocenters. The first-order chi connectivity index (χ1) is 13.2. The van der Waals surface area contributed by atoms with Crippen molar-refractivity contribution in [3.63, 3.8) is 0 Å². The van der Waals surface area contributed by atoms with Gasteiger partial charge in [0.2, 0.25) is 15.9 Å². The number of aromatic nitrogens is 1. The Morgan fingerprint density at radius 2 is 1.89 bits per heavy atom. The van der Waals surface area contributed by atoms with Crippen LogP contribution in [0, 0.1) is 6.92 Å². The molecule has 1 aliphatic heterocycles. The first kappa shape index (κ1) is 20.7. The number of carbonyl (C=O) groups excluding carboxylic acids is 1. The first-order valence-corrected chi connectivity index (χ1v) is 11.0. The molecule has 2 aromatic rings. The number of amides is 1. The van der Waals surface area contributed by atoms with Gasteiger partial charge in [-0.25, -0.2) is 8.42 Å². The molecule has 0 aliphatic carbocycles. The molecule has 1 fully saturated rings. The second kappa shape index (κ2) is 8.14. The second-order valence-corrected chi connectivity index (χ2v) is 9.53. The molecule has 0 radical (unpaired) electrons. The number of carbonyl (C=O) groups is 1. The first-order valence-electron chi connectivity index (χ1n) is 9.53. The van der Waals surface area contributed by atoms with Gasteiger partial charge in [-0.2, -0.15) is 4.31 Å². The molecule has 0 saturated carbocycles. The average Bonchev–Trinajstić information content (AvgIpc) is 2.66. The predicted molar refractivity (Wildman–Crippen MR) is 110 cm³/mol. The van der Waals surface area contributed by atoms with Gasteiger partial charge in [-0.15, -0.1) is 0 Å². The van der Waals surface area contributed by atoms with Crippen molar-refractivity contribution in [2.75, 3.05) is 39.8 Å². The summed E-state index contributed by atoms with van der Waals surface area (Å²) in [5, 5.41) is 0.821. The van der Waals surface area contributed by atoms with Crippen molar-refractivity contribution in [2.45, 2.75) is 31.7 Å². The van der Waals surface area contributed by atoms with Gasteiger partial charge >= 0.3 is 0 Å². The lowest BCUT2D eigenvalue weighted by atomic mass is 10.2. The van der Waals surface area contributed by atoms with Crippen LogP contribution in [0.2, 0.25) is 0 Å². The minimum absolute atomic E-state index is 0.0555. The summed E-state index contributed by atoms with van der Waals surface area (Å²) < 4.78 is 27.9. The van der Waals surface area contributed by atoms with E-state index in [9.17, 15) is 13.2 Å². The normalized spacial score (nSPS) is 16.6. The van der Waals surface area contributed by atoms with Gasteiger partial charge in [0.25, 0.3) is 0 Å². The van der Waals surface area contributed by atoms with Crippen molar-refractivity contribution < 1.29 is 13.2 Å². The van der Waals surface area contributed by atoms with E-state index in [4.69, 9.17) is 0 Å². The quantitative estimate of drug-likeness (QED) is 0.759. The summed E-state index contributed by atoms with van der Waals surface area (Å²) in [7, 11) is -1.84. The lowest BCUT2D eigenvalue weighted by molar-refractivity contribution is -0.132. The molecule has 1 aromatic carbocycles. The molecule has 0 bridgehead atoms. The Labute approximate surface area is 167 Å². The van der Waals surface area contributed by atoms with E-state index in [0.29, 0.717) is 38.2 Å². The number of likely N-dealkylation sites (N-methyl/N-ethyl adjacent to an activating group) is 1. The predicted octanol–water partition coefficient (Wildman–Crippen LogP) is 1.72. The number of para-hydroxylation sites is 1. The fourth-order valence-corrected chi connectivity index (χ4v) is 4.90. The molecule has 3 rings (SSSR count). The van der Waals surface area contributed by atoms with Crippen LogP contribution in [-0.4, -0.2) is 79.2 Å². The molecular weight excluding hydrogens is 376 g/mol. The molecule has 1 aromatic heterocycles. The monoisotopic (exact) mass is 404 g/mol. The van der Waals surface area contributed by atoms with Crippen LogP contribution >= 0.6 is 0 Å². The molecule has 0 atom stereocenters. The lowest BCUT2D eigenvalue weighted by Crippen LogP contribution is -2.51. The van der Waals surface area contributed by atoms with Gasteiger partial charge in [0, 0.05) is 50.9 Å². The minimum atomic E-state index is -3.63. The van der Waals surface area contributed by atoms with E-state index >= 15 is 0 Å². The van der Waals surface area contributed by atoms with E-state index in [0.717, 1.165) is 10.9 Å². The average molecular weight is 405 g/mol. The summed E-state index contributed by atoms with van der Waals surface area (Å²) in [5.74, 6) is 0.0555. The van der Waals surface area contributed by atoms with Crippen molar-refractivity contribution in [1.82, 2.24) is 19.1 Å². The molecule has 1 saturated heterocycles. The summed E-state index contributed by atoms with van der Waals surface area (Å²) in [4.78, 5) is 20.6. The van der Waals surface area contributed by atoms with Crippen molar-refractivity contribution in [2.24, 2.45) is 0 Å². The highest BCUT2D eigenvalue weighted by atomic mass is 32.2. The molecule has 1 amide bonds. The minimum Gasteiger partial charge on any atom is -0.342 e. The van der Waals surface area contributed by atoms with Crippen LogP contribution in [0.3, 0.4) is 0 Å². The largest absolute Gasteiger partial charge is 0.342 e. The number of hydrogen-bond donors (Lipinski definition) is 0. The highest BCUT2D eigenvalue weighted by Crippen LogP contribution is 2.25. The Hall–Kier alpha value is -2.03. The number of nitrogens with zero attached hydrogens (tertiary/aromatic N) is 4. The summed E-state index contributed by atoms with van der Waals surface area (Å²) in [6.07, 6.45) is 1.69. The second-order valence-electron chi connectivity index (χ2n) is 7.62. The highest BCUT2D eigenvalue weighted by Gasteiger charge is 2.31. The molecule has 1 aliphatic rings. The number of aryl methyl sites for hydroxylation is 1. The molecule has 0 spiro atoms. The third kappa shape index (κ3) is 4.19. The molecule has 0 N–H and O–H groups in total. The number of fused-ring (bicyclic) bond motifs is 1. The molecule has 8 heteroatoms. The highest BCUT2D eigenvalue weighted by molar-refractivity contribution is 7.89. The molecular formula is C20H28N4O3S. The van der Waals surface area contributed by atoms with Gasteiger partial charge in [-0.05, 0) is 38.5 Å². The zero-order chi connectivity index (χ0) is 20.5. The molecule has 2 heterocycles. The van der Waals surface area contributed by atoms with Crippen LogP contribution in [-0.2, 0) is 14.8 Å². The van der Waals surface area contributed by atoms with Gasteiger partial charge < -0.3 is 4.90 Å². The lowest BCUT2D eigenvalue weighted by Gasteiger charge is -2.34. The van der Waals surface area contributed by atoms with E-state index in [-0.39, 0.29) is 16.8 Å². The van der Waals surface area contributed by atoms with E-state index in [1.54, 1.807) is 30.3 Å². The maximum Gasteiger partial charge on any atom is 0.245 e.